The van der Waals surface area contributed by atoms with E-state index in [1.165, 1.54) is 21.8 Å². The molecule has 1 aliphatic heterocycles. The lowest BCUT2D eigenvalue weighted by Gasteiger charge is -2.34. The van der Waals surface area contributed by atoms with Crippen molar-refractivity contribution in [3.63, 3.8) is 0 Å². The van der Waals surface area contributed by atoms with Crippen LogP contribution in [-0.2, 0) is 4.74 Å². The molecule has 1 unspecified atom stereocenters. The predicted molar refractivity (Wildman–Crippen MR) is 116 cm³/mol. The fourth-order valence-corrected chi connectivity index (χ4v) is 5.97. The summed E-state index contributed by atoms with van der Waals surface area (Å²) in [6.45, 7) is 9.98. The molecule has 0 spiro atoms. The van der Waals surface area contributed by atoms with Gasteiger partial charge in [-0.3, -0.25) is 9.69 Å². The Balaban J connectivity index is 1.55. The number of pyridine rings is 1. The molecule has 1 atom stereocenters. The first kappa shape index (κ1) is 19.5. The highest BCUT2D eigenvalue weighted by Gasteiger charge is 2.25. The summed E-state index contributed by atoms with van der Waals surface area (Å²) in [5.41, 5.74) is 3.20. The van der Waals surface area contributed by atoms with Gasteiger partial charge in [-0.15, -0.1) is 22.7 Å². The number of thiophene rings is 2. The molecular formula is C21H25N3O2S2. The number of hydrogen-bond donors (Lipinski definition) is 1. The zero-order chi connectivity index (χ0) is 19.7. The number of ether oxygens (including phenoxy) is 1. The summed E-state index contributed by atoms with van der Waals surface area (Å²) in [6, 6.07) is 6.49. The van der Waals surface area contributed by atoms with E-state index < -0.39 is 0 Å². The van der Waals surface area contributed by atoms with Crippen LogP contribution in [0.2, 0.25) is 0 Å². The molecule has 1 saturated heterocycles. The molecular weight excluding hydrogens is 390 g/mol. The first-order valence-electron chi connectivity index (χ1n) is 9.55. The first-order chi connectivity index (χ1) is 13.5. The smallest absolute Gasteiger partial charge is 0.261 e. The maximum Gasteiger partial charge on any atom is 0.261 e. The molecule has 4 heterocycles. The van der Waals surface area contributed by atoms with Crippen LogP contribution in [0.4, 0.5) is 0 Å². The van der Waals surface area contributed by atoms with E-state index in [-0.39, 0.29) is 11.9 Å². The Kier molecular flexibility index (Phi) is 5.78. The lowest BCUT2D eigenvalue weighted by Crippen LogP contribution is -2.43. The summed E-state index contributed by atoms with van der Waals surface area (Å²) in [6.07, 6.45) is 0. The van der Waals surface area contributed by atoms with Crippen molar-refractivity contribution < 1.29 is 9.53 Å². The van der Waals surface area contributed by atoms with Crippen molar-refractivity contribution in [2.75, 3.05) is 32.8 Å². The molecule has 1 N–H and O–H groups in total. The summed E-state index contributed by atoms with van der Waals surface area (Å²) in [4.78, 5) is 23.0. The van der Waals surface area contributed by atoms with Gasteiger partial charge >= 0.3 is 0 Å². The van der Waals surface area contributed by atoms with Gasteiger partial charge in [0.1, 0.15) is 4.83 Å². The molecule has 7 heteroatoms. The van der Waals surface area contributed by atoms with E-state index in [1.54, 1.807) is 11.3 Å². The topological polar surface area (TPSA) is 54.5 Å². The molecule has 0 saturated carbocycles. The lowest BCUT2D eigenvalue weighted by atomic mass is 10.1. The van der Waals surface area contributed by atoms with Crippen LogP contribution in [0.25, 0.3) is 10.2 Å². The Bertz CT molecular complexity index is 975. The van der Waals surface area contributed by atoms with Crippen molar-refractivity contribution in [2.45, 2.75) is 26.8 Å². The monoisotopic (exact) mass is 415 g/mol. The molecule has 0 aromatic carbocycles. The number of carbonyl (C=O) groups is 1. The van der Waals surface area contributed by atoms with Gasteiger partial charge in [-0.1, -0.05) is 6.07 Å². The number of fused-ring (bicyclic) bond motifs is 1. The standard InChI is InChI=1S/C21H25N3O2S2/c1-13-11-14(2)23-21-18(13)15(3)19(28-21)20(25)22-12-16(17-5-4-10-27-17)24-6-8-26-9-7-24/h4-5,10-11,16H,6-9,12H2,1-3H3,(H,22,25). The average molecular weight is 416 g/mol. The second kappa shape index (κ2) is 8.29. The van der Waals surface area contributed by atoms with E-state index in [4.69, 9.17) is 4.74 Å². The predicted octanol–water partition coefficient (Wildman–Crippen LogP) is 4.09. The van der Waals surface area contributed by atoms with E-state index in [2.05, 4.69) is 45.7 Å². The molecule has 28 heavy (non-hydrogen) atoms. The number of nitrogens with zero attached hydrogens (tertiary/aromatic N) is 2. The zero-order valence-electron chi connectivity index (χ0n) is 16.4. The molecule has 1 aliphatic rings. The van der Waals surface area contributed by atoms with Gasteiger partial charge in [0.2, 0.25) is 0 Å². The van der Waals surface area contributed by atoms with Gasteiger partial charge in [-0.25, -0.2) is 4.98 Å². The maximum atomic E-state index is 13.0. The van der Waals surface area contributed by atoms with E-state index in [1.807, 2.05) is 13.8 Å². The van der Waals surface area contributed by atoms with Crippen LogP contribution in [0, 0.1) is 20.8 Å². The van der Waals surface area contributed by atoms with Crippen molar-refractivity contribution in [1.29, 1.82) is 0 Å². The molecule has 0 radical (unpaired) electrons. The van der Waals surface area contributed by atoms with E-state index in [0.717, 1.165) is 52.7 Å². The van der Waals surface area contributed by atoms with Crippen LogP contribution in [0.5, 0.6) is 0 Å². The number of nitrogens with one attached hydrogen (secondary N) is 1. The number of carbonyl (C=O) groups excluding carboxylic acids is 1. The zero-order valence-corrected chi connectivity index (χ0v) is 18.1. The third-order valence-corrected chi connectivity index (χ3v) is 7.40. The maximum absolute atomic E-state index is 13.0. The minimum absolute atomic E-state index is 0.00707. The number of aryl methyl sites for hydroxylation is 3. The van der Waals surface area contributed by atoms with Crippen molar-refractivity contribution in [3.05, 3.63) is 50.2 Å². The van der Waals surface area contributed by atoms with Gasteiger partial charge in [0, 0.05) is 35.6 Å². The van der Waals surface area contributed by atoms with Gasteiger partial charge < -0.3 is 10.1 Å². The Morgan fingerprint density at radius 2 is 2.11 bits per heavy atom. The highest BCUT2D eigenvalue weighted by Crippen LogP contribution is 2.32. The average Bonchev–Trinajstić information content (AvgIpc) is 3.31. The molecule has 1 amide bonds. The SMILES string of the molecule is Cc1cc(C)c2c(C)c(C(=O)NCC(c3cccs3)N3CCOCC3)sc2n1. The van der Waals surface area contributed by atoms with Crippen LogP contribution < -0.4 is 5.32 Å². The Morgan fingerprint density at radius 3 is 2.82 bits per heavy atom. The van der Waals surface area contributed by atoms with Gasteiger partial charge in [0.05, 0.1) is 24.1 Å². The second-order valence-corrected chi connectivity index (χ2v) is 9.18. The van der Waals surface area contributed by atoms with Crippen LogP contribution in [0.3, 0.4) is 0 Å². The summed E-state index contributed by atoms with van der Waals surface area (Å²) >= 11 is 3.23. The van der Waals surface area contributed by atoms with Gasteiger partial charge in [0.15, 0.2) is 0 Å². The van der Waals surface area contributed by atoms with Gasteiger partial charge in [-0.2, -0.15) is 0 Å². The Labute approximate surface area is 173 Å². The minimum atomic E-state index is -0.00707. The van der Waals surface area contributed by atoms with Crippen molar-refractivity contribution in [3.8, 4) is 0 Å². The largest absolute Gasteiger partial charge is 0.379 e. The summed E-state index contributed by atoms with van der Waals surface area (Å²) in [5, 5.41) is 6.40. The molecule has 5 nitrogen and oxygen atoms in total. The van der Waals surface area contributed by atoms with Crippen LogP contribution >= 0.6 is 22.7 Å². The van der Waals surface area contributed by atoms with Gasteiger partial charge in [-0.05, 0) is 49.4 Å². The summed E-state index contributed by atoms with van der Waals surface area (Å²) in [7, 11) is 0. The molecule has 4 rings (SSSR count). The normalized spacial score (nSPS) is 16.4. The van der Waals surface area contributed by atoms with E-state index >= 15 is 0 Å². The third-order valence-electron chi connectivity index (χ3n) is 5.25. The third kappa shape index (κ3) is 3.85. The second-order valence-electron chi connectivity index (χ2n) is 7.21. The Morgan fingerprint density at radius 1 is 1.32 bits per heavy atom. The number of amides is 1. The highest BCUT2D eigenvalue weighted by molar-refractivity contribution is 7.20. The first-order valence-corrected chi connectivity index (χ1v) is 11.2. The molecule has 0 aliphatic carbocycles. The fourth-order valence-electron chi connectivity index (χ4n) is 3.89. The number of morpholine rings is 1. The number of rotatable bonds is 5. The fraction of sp³-hybridized carbons (Fsp3) is 0.429. The van der Waals surface area contributed by atoms with Crippen molar-refractivity contribution >= 4 is 38.8 Å². The van der Waals surface area contributed by atoms with Crippen molar-refractivity contribution in [2.24, 2.45) is 0 Å². The van der Waals surface area contributed by atoms with Crippen LogP contribution in [0.1, 0.15) is 37.4 Å². The summed E-state index contributed by atoms with van der Waals surface area (Å²) in [5.74, 6) is -0.00707. The molecule has 3 aromatic heterocycles. The van der Waals surface area contributed by atoms with Crippen LogP contribution in [-0.4, -0.2) is 48.6 Å². The molecule has 0 bridgehead atoms. The number of aromatic nitrogens is 1. The van der Waals surface area contributed by atoms with Crippen LogP contribution in [0.15, 0.2) is 23.6 Å². The lowest BCUT2D eigenvalue weighted by molar-refractivity contribution is 0.0169. The summed E-state index contributed by atoms with van der Waals surface area (Å²) < 4.78 is 5.50. The quantitative estimate of drug-likeness (QED) is 0.682. The van der Waals surface area contributed by atoms with Gasteiger partial charge in [0.25, 0.3) is 5.91 Å². The Hall–Kier alpha value is -1.80. The molecule has 148 valence electrons. The molecule has 1 fully saturated rings. The van der Waals surface area contributed by atoms with Crippen molar-refractivity contribution in [1.82, 2.24) is 15.2 Å². The van der Waals surface area contributed by atoms with E-state index in [9.17, 15) is 4.79 Å². The molecule has 3 aromatic rings. The minimum Gasteiger partial charge on any atom is -0.379 e. The van der Waals surface area contributed by atoms with E-state index in [0.29, 0.717) is 6.54 Å². The number of hydrogen-bond acceptors (Lipinski definition) is 6. The highest BCUT2D eigenvalue weighted by atomic mass is 32.1.